The fourth-order valence-electron chi connectivity index (χ4n) is 7.21. The Hall–Kier alpha value is -5.25. The number of rotatable bonds is 21. The van der Waals surface area contributed by atoms with Crippen molar-refractivity contribution in [1.29, 1.82) is 0 Å². The number of esters is 1. The molecule has 1 aliphatic carbocycles. The molecule has 1 aliphatic rings. The van der Waals surface area contributed by atoms with Crippen molar-refractivity contribution in [2.24, 2.45) is 17.3 Å². The second-order valence-electron chi connectivity index (χ2n) is 17.0. The Morgan fingerprint density at radius 3 is 2.42 bits per heavy atom. The first-order valence-electron chi connectivity index (χ1n) is 20.3. The Bertz CT molecular complexity index is 2070. The van der Waals surface area contributed by atoms with Gasteiger partial charge in [-0.25, -0.2) is 14.2 Å². The summed E-state index contributed by atoms with van der Waals surface area (Å²) in [6.07, 6.45) is 9.98. The van der Waals surface area contributed by atoms with E-state index in [1.165, 1.54) is 31.9 Å². The van der Waals surface area contributed by atoms with Crippen LogP contribution in [0.25, 0.3) is 17.0 Å². The maximum absolute atomic E-state index is 13.8. The normalized spacial score (nSPS) is 14.5. The van der Waals surface area contributed by atoms with Crippen LogP contribution in [0.1, 0.15) is 114 Å². The zero-order valence-electron chi connectivity index (χ0n) is 34.5. The van der Waals surface area contributed by atoms with Crippen molar-refractivity contribution in [2.45, 2.75) is 111 Å². The highest BCUT2D eigenvalue weighted by Crippen LogP contribution is 2.40. The number of benzene rings is 1. The maximum atomic E-state index is 13.8. The highest BCUT2D eigenvalue weighted by Gasteiger charge is 2.28. The SMILES string of the molecule is COC(=O)c1cn(C[C@H](CC(C)C)NC(=O)[C@H](CC(C)C)n2cc(CCCNCC(C)(C)CNc3nn4c(-c5ccccc5)nnc4cc3C3CCC3)nn2)nn1. The van der Waals surface area contributed by atoms with E-state index in [4.69, 9.17) is 9.84 Å². The Morgan fingerprint density at radius 2 is 1.72 bits per heavy atom. The fourth-order valence-corrected chi connectivity index (χ4v) is 7.21. The van der Waals surface area contributed by atoms with Gasteiger partial charge in [-0.2, -0.15) is 4.52 Å². The van der Waals surface area contributed by atoms with Crippen molar-refractivity contribution in [2.75, 3.05) is 32.1 Å². The minimum atomic E-state index is -0.552. The Morgan fingerprint density at radius 1 is 0.947 bits per heavy atom. The van der Waals surface area contributed by atoms with Gasteiger partial charge in [0, 0.05) is 36.5 Å². The van der Waals surface area contributed by atoms with Crippen molar-refractivity contribution in [3.05, 3.63) is 65.7 Å². The van der Waals surface area contributed by atoms with Gasteiger partial charge in [-0.15, -0.1) is 25.5 Å². The van der Waals surface area contributed by atoms with Crippen LogP contribution in [0.3, 0.4) is 0 Å². The lowest BCUT2D eigenvalue weighted by molar-refractivity contribution is -0.126. The maximum Gasteiger partial charge on any atom is 0.360 e. The standard InChI is InChI=1S/C41H59N13O3/c1-27(2)19-32(22-52-24-34(46-50-52)40(56)57-7)44-39(55)35(20-28(3)4)53-23-31(45-51-53)17-12-18-42-25-41(5,6)26-43-37-33(29-15-11-16-29)21-36-47-48-38(54(36)49-37)30-13-9-8-10-14-30/h8-10,13-14,21,23-24,27-29,32,35,42H,11-12,15-20,22,25-26H2,1-7H3,(H,43,49)(H,44,55)/t32-,35-/m0/s1. The quantitative estimate of drug-likeness (QED) is 0.0628. The molecule has 3 N–H and O–H groups in total. The van der Waals surface area contributed by atoms with Crippen molar-refractivity contribution in [3.63, 3.8) is 0 Å². The second kappa shape index (κ2) is 18.8. The molecule has 16 heteroatoms. The Kier molecular flexibility index (Phi) is 13.6. The molecular formula is C41H59N13O3. The number of anilines is 1. The van der Waals surface area contributed by atoms with Gasteiger partial charge in [0.25, 0.3) is 0 Å². The van der Waals surface area contributed by atoms with Gasteiger partial charge in [0.05, 0.1) is 25.5 Å². The van der Waals surface area contributed by atoms with E-state index in [9.17, 15) is 9.59 Å². The fraction of sp³-hybridized carbons (Fsp3) is 0.585. The Labute approximate surface area is 334 Å². The highest BCUT2D eigenvalue weighted by atomic mass is 16.5. The molecule has 2 atom stereocenters. The summed E-state index contributed by atoms with van der Waals surface area (Å²) >= 11 is 0. The monoisotopic (exact) mass is 781 g/mol. The van der Waals surface area contributed by atoms with E-state index in [1.807, 2.05) is 41.0 Å². The predicted octanol–water partition coefficient (Wildman–Crippen LogP) is 5.51. The number of hydrogen-bond donors (Lipinski definition) is 3. The molecule has 5 aromatic rings. The number of nitrogens with zero attached hydrogens (tertiary/aromatic N) is 10. The number of carbonyl (C=O) groups excluding carboxylic acids is 2. The van der Waals surface area contributed by atoms with E-state index in [0.717, 1.165) is 67.4 Å². The van der Waals surface area contributed by atoms with Gasteiger partial charge in [0.1, 0.15) is 6.04 Å². The van der Waals surface area contributed by atoms with Crippen molar-refractivity contribution >= 4 is 23.3 Å². The number of nitrogens with one attached hydrogen (secondary N) is 3. The van der Waals surface area contributed by atoms with Crippen LogP contribution in [0, 0.1) is 17.3 Å². The van der Waals surface area contributed by atoms with E-state index >= 15 is 0 Å². The first kappa shape index (κ1) is 41.4. The number of amides is 1. The number of carbonyl (C=O) groups is 2. The van der Waals surface area contributed by atoms with Gasteiger partial charge >= 0.3 is 5.97 Å². The molecule has 57 heavy (non-hydrogen) atoms. The highest BCUT2D eigenvalue weighted by molar-refractivity contribution is 5.86. The van der Waals surface area contributed by atoms with Crippen LogP contribution in [0.15, 0.2) is 48.8 Å². The summed E-state index contributed by atoms with van der Waals surface area (Å²) in [5.41, 5.74) is 3.91. The lowest BCUT2D eigenvalue weighted by Crippen LogP contribution is -2.43. The van der Waals surface area contributed by atoms with Crippen molar-refractivity contribution in [3.8, 4) is 11.4 Å². The zero-order valence-corrected chi connectivity index (χ0v) is 34.5. The van der Waals surface area contributed by atoms with Gasteiger partial charge in [-0.3, -0.25) is 4.79 Å². The number of hydrogen-bond acceptors (Lipinski definition) is 12. The summed E-state index contributed by atoms with van der Waals surface area (Å²) < 4.78 is 9.89. The van der Waals surface area contributed by atoms with E-state index in [-0.39, 0.29) is 29.0 Å². The van der Waals surface area contributed by atoms with Crippen LogP contribution < -0.4 is 16.0 Å². The molecule has 0 saturated heterocycles. The Balaban J connectivity index is 1.01. The third-order valence-corrected chi connectivity index (χ3v) is 10.4. The summed E-state index contributed by atoms with van der Waals surface area (Å²) in [5, 5.41) is 41.4. The van der Waals surface area contributed by atoms with Gasteiger partial charge in [-0.1, -0.05) is 88.7 Å². The van der Waals surface area contributed by atoms with E-state index in [1.54, 1.807) is 15.6 Å². The lowest BCUT2D eigenvalue weighted by Gasteiger charge is -2.30. The lowest BCUT2D eigenvalue weighted by atomic mass is 9.80. The van der Waals surface area contributed by atoms with Crippen LogP contribution in [0.2, 0.25) is 0 Å². The predicted molar refractivity (Wildman–Crippen MR) is 218 cm³/mol. The molecule has 0 unspecified atom stereocenters. The van der Waals surface area contributed by atoms with Crippen LogP contribution in [-0.4, -0.2) is 94.5 Å². The summed E-state index contributed by atoms with van der Waals surface area (Å²) in [7, 11) is 1.30. The van der Waals surface area contributed by atoms with Gasteiger partial charge in [0.15, 0.2) is 23.0 Å². The molecule has 6 rings (SSSR count). The average Bonchev–Trinajstić information content (AvgIpc) is 3.92. The molecular weight excluding hydrogens is 723 g/mol. The smallest absolute Gasteiger partial charge is 0.360 e. The van der Waals surface area contributed by atoms with Gasteiger partial charge < -0.3 is 20.7 Å². The number of aryl methyl sites for hydroxylation is 1. The zero-order chi connectivity index (χ0) is 40.5. The molecule has 1 aromatic carbocycles. The summed E-state index contributed by atoms with van der Waals surface area (Å²) in [4.78, 5) is 25.7. The van der Waals surface area contributed by atoms with E-state index < -0.39 is 12.0 Å². The third kappa shape index (κ3) is 11.0. The minimum Gasteiger partial charge on any atom is -0.464 e. The molecule has 1 fully saturated rings. The average molecular weight is 782 g/mol. The first-order chi connectivity index (χ1) is 27.4. The molecule has 306 valence electrons. The number of fused-ring (bicyclic) bond motifs is 1. The summed E-state index contributed by atoms with van der Waals surface area (Å²) in [6, 6.07) is 11.5. The van der Waals surface area contributed by atoms with Crippen LogP contribution in [-0.2, 0) is 22.5 Å². The van der Waals surface area contributed by atoms with Gasteiger partial charge in [0.2, 0.25) is 5.91 Å². The molecule has 0 bridgehead atoms. The summed E-state index contributed by atoms with van der Waals surface area (Å²) in [5.74, 6) is 2.05. The van der Waals surface area contributed by atoms with Crippen molar-refractivity contribution in [1.82, 2.24) is 60.4 Å². The van der Waals surface area contributed by atoms with Crippen LogP contribution in [0.4, 0.5) is 5.82 Å². The van der Waals surface area contributed by atoms with Gasteiger partial charge in [-0.05, 0) is 74.3 Å². The minimum absolute atomic E-state index is 0.0471. The molecule has 16 nitrogen and oxygen atoms in total. The molecule has 1 saturated carbocycles. The number of aromatic nitrogens is 10. The largest absolute Gasteiger partial charge is 0.464 e. The van der Waals surface area contributed by atoms with E-state index in [2.05, 4.69) is 94.4 Å². The number of ether oxygens (including phenoxy) is 1. The van der Waals surface area contributed by atoms with E-state index in [0.29, 0.717) is 24.8 Å². The molecule has 4 heterocycles. The molecule has 0 aliphatic heterocycles. The number of methoxy groups -OCH3 is 1. The van der Waals surface area contributed by atoms with Crippen LogP contribution in [0.5, 0.6) is 0 Å². The topological polar surface area (TPSA) is 184 Å². The third-order valence-electron chi connectivity index (χ3n) is 10.4. The van der Waals surface area contributed by atoms with Crippen LogP contribution >= 0.6 is 0 Å². The molecule has 1 amide bonds. The first-order valence-corrected chi connectivity index (χ1v) is 20.3. The molecule has 0 radical (unpaired) electrons. The molecule has 4 aromatic heterocycles. The second-order valence-corrected chi connectivity index (χ2v) is 17.0. The molecule has 0 spiro atoms. The van der Waals surface area contributed by atoms with Crippen molar-refractivity contribution < 1.29 is 14.3 Å². The summed E-state index contributed by atoms with van der Waals surface area (Å²) in [6.45, 7) is 15.7.